The molecule has 1 saturated heterocycles. The zero-order chi connectivity index (χ0) is 14.9. The number of β-amino-alcohol motifs (C(OH)–C–C–N with tert-alkyl or cyclic N) is 1. The molecule has 2 rings (SSSR count). The van der Waals surface area contributed by atoms with Crippen molar-refractivity contribution in [3.8, 4) is 5.75 Å². The normalized spacial score (nSPS) is 21.9. The maximum absolute atomic E-state index is 12.4. The van der Waals surface area contributed by atoms with Crippen molar-refractivity contribution >= 4 is 11.6 Å². The lowest BCUT2D eigenvalue weighted by molar-refractivity contribution is -0.384. The summed E-state index contributed by atoms with van der Waals surface area (Å²) in [4.78, 5) is 24.0. The number of carbonyl (C=O) groups is 1. The van der Waals surface area contributed by atoms with Crippen molar-refractivity contribution in [1.82, 2.24) is 4.90 Å². The molecule has 0 saturated carbocycles. The highest BCUT2D eigenvalue weighted by atomic mass is 16.6. The molecule has 1 atom stereocenters. The minimum Gasteiger partial charge on any atom is -0.496 e. The van der Waals surface area contributed by atoms with Gasteiger partial charge < -0.3 is 14.7 Å². The molecule has 0 spiro atoms. The van der Waals surface area contributed by atoms with Gasteiger partial charge in [-0.05, 0) is 19.4 Å². The summed E-state index contributed by atoms with van der Waals surface area (Å²) in [6, 6.07) is 3.87. The van der Waals surface area contributed by atoms with E-state index in [1.807, 2.05) is 0 Å². The first-order chi connectivity index (χ1) is 9.34. The van der Waals surface area contributed by atoms with Gasteiger partial charge in [0.1, 0.15) is 5.75 Å². The summed E-state index contributed by atoms with van der Waals surface area (Å²) in [6.07, 6.45) is 0.508. The SMILES string of the molecule is COc1cc([N+](=O)[O-])ccc1C(=O)N1CCC(C)(O)C1. The van der Waals surface area contributed by atoms with E-state index in [0.717, 1.165) is 0 Å². The molecule has 1 fully saturated rings. The van der Waals surface area contributed by atoms with Crippen LogP contribution in [0.15, 0.2) is 18.2 Å². The molecule has 0 aliphatic carbocycles. The van der Waals surface area contributed by atoms with Crippen LogP contribution in [0, 0.1) is 10.1 Å². The minimum atomic E-state index is -0.885. The van der Waals surface area contributed by atoms with Gasteiger partial charge in [0, 0.05) is 19.2 Å². The zero-order valence-electron chi connectivity index (χ0n) is 11.3. The quantitative estimate of drug-likeness (QED) is 0.663. The molecule has 7 heteroatoms. The zero-order valence-corrected chi connectivity index (χ0v) is 11.3. The maximum Gasteiger partial charge on any atom is 0.273 e. The minimum absolute atomic E-state index is 0.133. The number of ether oxygens (including phenoxy) is 1. The van der Waals surface area contributed by atoms with E-state index in [-0.39, 0.29) is 29.5 Å². The van der Waals surface area contributed by atoms with Crippen LogP contribution in [-0.4, -0.2) is 46.6 Å². The highest BCUT2D eigenvalue weighted by Crippen LogP contribution is 2.28. The fourth-order valence-corrected chi connectivity index (χ4v) is 2.26. The van der Waals surface area contributed by atoms with Crippen molar-refractivity contribution in [2.24, 2.45) is 0 Å². The monoisotopic (exact) mass is 280 g/mol. The third-order valence-electron chi connectivity index (χ3n) is 3.37. The first kappa shape index (κ1) is 14.3. The Bertz CT molecular complexity index is 556. The summed E-state index contributed by atoms with van der Waals surface area (Å²) in [5.74, 6) is -0.134. The molecule has 0 bridgehead atoms. The summed E-state index contributed by atoms with van der Waals surface area (Å²) in [5.41, 5.74) is -0.758. The Balaban J connectivity index is 2.28. The third kappa shape index (κ3) is 2.72. The van der Waals surface area contributed by atoms with Crippen molar-refractivity contribution in [3.05, 3.63) is 33.9 Å². The molecule has 0 radical (unpaired) electrons. The molecule has 1 aromatic rings. The third-order valence-corrected chi connectivity index (χ3v) is 3.37. The number of nitro benzene ring substituents is 1. The molecule has 108 valence electrons. The van der Waals surface area contributed by atoms with Gasteiger partial charge in [-0.15, -0.1) is 0 Å². The van der Waals surface area contributed by atoms with Crippen LogP contribution >= 0.6 is 0 Å². The van der Waals surface area contributed by atoms with Crippen LogP contribution in [-0.2, 0) is 0 Å². The van der Waals surface area contributed by atoms with Gasteiger partial charge in [0.2, 0.25) is 0 Å². The van der Waals surface area contributed by atoms with Gasteiger partial charge >= 0.3 is 0 Å². The van der Waals surface area contributed by atoms with E-state index in [2.05, 4.69) is 0 Å². The van der Waals surface area contributed by atoms with E-state index < -0.39 is 10.5 Å². The highest BCUT2D eigenvalue weighted by molar-refractivity contribution is 5.97. The van der Waals surface area contributed by atoms with Gasteiger partial charge in [-0.3, -0.25) is 14.9 Å². The topological polar surface area (TPSA) is 92.9 Å². The number of hydrogen-bond donors (Lipinski definition) is 1. The molecule has 1 aliphatic rings. The number of hydrogen-bond acceptors (Lipinski definition) is 5. The number of nitro groups is 1. The maximum atomic E-state index is 12.4. The van der Waals surface area contributed by atoms with Gasteiger partial charge in [0.15, 0.2) is 0 Å². The van der Waals surface area contributed by atoms with Crippen LogP contribution in [0.3, 0.4) is 0 Å². The van der Waals surface area contributed by atoms with Crippen LogP contribution in [0.4, 0.5) is 5.69 Å². The van der Waals surface area contributed by atoms with Crippen molar-refractivity contribution in [3.63, 3.8) is 0 Å². The lowest BCUT2D eigenvalue weighted by Crippen LogP contribution is -2.34. The first-order valence-electron chi connectivity index (χ1n) is 6.18. The second kappa shape index (κ2) is 5.09. The van der Waals surface area contributed by atoms with Crippen LogP contribution in [0.2, 0.25) is 0 Å². The Morgan fingerprint density at radius 3 is 2.75 bits per heavy atom. The molecule has 0 aromatic heterocycles. The second-order valence-electron chi connectivity index (χ2n) is 5.12. The number of likely N-dealkylation sites (tertiary alicyclic amines) is 1. The molecule has 1 aliphatic heterocycles. The van der Waals surface area contributed by atoms with Gasteiger partial charge in [0.05, 0.1) is 29.3 Å². The predicted octanol–water partition coefficient (Wildman–Crippen LogP) is 1.20. The van der Waals surface area contributed by atoms with Gasteiger partial charge in [-0.25, -0.2) is 0 Å². The average molecular weight is 280 g/mol. The van der Waals surface area contributed by atoms with Gasteiger partial charge in [-0.2, -0.15) is 0 Å². The molecule has 7 nitrogen and oxygen atoms in total. The molecule has 1 amide bonds. The number of carbonyl (C=O) groups excluding carboxylic acids is 1. The number of methoxy groups -OCH3 is 1. The molecule has 1 heterocycles. The Morgan fingerprint density at radius 2 is 2.25 bits per heavy atom. The summed E-state index contributed by atoms with van der Waals surface area (Å²) >= 11 is 0. The number of aliphatic hydroxyl groups is 1. The predicted molar refractivity (Wildman–Crippen MR) is 70.8 cm³/mol. The number of nitrogens with zero attached hydrogens (tertiary/aromatic N) is 2. The van der Waals surface area contributed by atoms with Crippen molar-refractivity contribution in [2.75, 3.05) is 20.2 Å². The number of amides is 1. The Hall–Kier alpha value is -2.15. The molecule has 1 unspecified atom stereocenters. The summed E-state index contributed by atoms with van der Waals surface area (Å²) in [5, 5.41) is 20.6. The Kier molecular flexibility index (Phi) is 3.63. The fourth-order valence-electron chi connectivity index (χ4n) is 2.26. The smallest absolute Gasteiger partial charge is 0.273 e. The van der Waals surface area contributed by atoms with Crippen molar-refractivity contribution < 1.29 is 19.6 Å². The summed E-state index contributed by atoms with van der Waals surface area (Å²) < 4.78 is 5.05. The summed E-state index contributed by atoms with van der Waals surface area (Å²) in [7, 11) is 1.36. The lowest BCUT2D eigenvalue weighted by atomic mass is 10.1. The molecule has 1 aromatic carbocycles. The van der Waals surface area contributed by atoms with E-state index >= 15 is 0 Å². The second-order valence-corrected chi connectivity index (χ2v) is 5.12. The number of rotatable bonds is 3. The van der Waals surface area contributed by atoms with Crippen LogP contribution < -0.4 is 4.74 Å². The molecule has 20 heavy (non-hydrogen) atoms. The van der Waals surface area contributed by atoms with Gasteiger partial charge in [-0.1, -0.05) is 0 Å². The first-order valence-corrected chi connectivity index (χ1v) is 6.18. The molecule has 1 N–H and O–H groups in total. The van der Waals surface area contributed by atoms with Crippen molar-refractivity contribution in [2.45, 2.75) is 18.9 Å². The lowest BCUT2D eigenvalue weighted by Gasteiger charge is -2.20. The number of benzene rings is 1. The molecular weight excluding hydrogens is 264 g/mol. The van der Waals surface area contributed by atoms with E-state index in [9.17, 15) is 20.0 Å². The standard InChI is InChI=1S/C13H16N2O5/c1-13(17)5-6-14(8-13)12(16)10-4-3-9(15(18)19)7-11(10)20-2/h3-4,7,17H,5-6,8H2,1-2H3. The van der Waals surface area contributed by atoms with E-state index in [1.165, 1.54) is 30.2 Å². The highest BCUT2D eigenvalue weighted by Gasteiger charge is 2.35. The van der Waals surface area contributed by atoms with E-state index in [0.29, 0.717) is 13.0 Å². The Morgan fingerprint density at radius 1 is 1.55 bits per heavy atom. The van der Waals surface area contributed by atoms with Crippen LogP contribution in [0.25, 0.3) is 0 Å². The largest absolute Gasteiger partial charge is 0.496 e. The van der Waals surface area contributed by atoms with Gasteiger partial charge in [0.25, 0.3) is 11.6 Å². The molecular formula is C13H16N2O5. The van der Waals surface area contributed by atoms with E-state index in [4.69, 9.17) is 4.74 Å². The summed E-state index contributed by atoms with van der Waals surface area (Å²) in [6.45, 7) is 2.37. The number of non-ortho nitro benzene ring substituents is 1. The van der Waals surface area contributed by atoms with Crippen LogP contribution in [0.1, 0.15) is 23.7 Å². The van der Waals surface area contributed by atoms with Crippen LogP contribution in [0.5, 0.6) is 5.75 Å². The average Bonchev–Trinajstić information content (AvgIpc) is 2.77. The fraction of sp³-hybridized carbons (Fsp3) is 0.462. The van der Waals surface area contributed by atoms with Crippen molar-refractivity contribution in [1.29, 1.82) is 0 Å². The van der Waals surface area contributed by atoms with E-state index in [1.54, 1.807) is 6.92 Å². The Labute approximate surface area is 115 Å².